The van der Waals surface area contributed by atoms with Gasteiger partial charge in [-0.1, -0.05) is 13.0 Å². The van der Waals surface area contributed by atoms with Crippen LogP contribution in [0, 0.1) is 5.92 Å². The Morgan fingerprint density at radius 2 is 2.21 bits per heavy atom. The maximum Gasteiger partial charge on any atom is 0.257 e. The van der Waals surface area contributed by atoms with Gasteiger partial charge in [-0.15, -0.1) is 0 Å². The minimum atomic E-state index is -0.0399. The maximum absolute atomic E-state index is 12.7. The van der Waals surface area contributed by atoms with Gasteiger partial charge >= 0.3 is 0 Å². The van der Waals surface area contributed by atoms with Crippen molar-refractivity contribution in [3.8, 4) is 11.5 Å². The minimum Gasteiger partial charge on any atom is -0.507 e. The number of methoxy groups -OCH3 is 1. The van der Waals surface area contributed by atoms with Crippen LogP contribution >= 0.6 is 0 Å². The summed E-state index contributed by atoms with van der Waals surface area (Å²) < 4.78 is 5.14. The normalized spacial score (nSPS) is 20.1. The summed E-state index contributed by atoms with van der Waals surface area (Å²) in [7, 11) is 1.58. The van der Waals surface area contributed by atoms with Gasteiger partial charge in [0.15, 0.2) is 0 Å². The number of nitrogens with one attached hydrogen (secondary N) is 1. The number of hydrogen-bond acceptors (Lipinski definition) is 6. The lowest BCUT2D eigenvalue weighted by Gasteiger charge is -2.33. The molecule has 7 heteroatoms. The molecule has 2 N–H and O–H groups in total. The van der Waals surface area contributed by atoms with Crippen molar-refractivity contribution in [1.82, 2.24) is 14.9 Å². The van der Waals surface area contributed by atoms with E-state index in [0.29, 0.717) is 24.8 Å². The molecule has 1 saturated heterocycles. The average molecular weight is 384 g/mol. The van der Waals surface area contributed by atoms with E-state index < -0.39 is 0 Å². The number of phenols is 1. The first-order chi connectivity index (χ1) is 13.5. The third kappa shape index (κ3) is 3.85. The van der Waals surface area contributed by atoms with E-state index in [1.807, 2.05) is 12.1 Å². The Morgan fingerprint density at radius 3 is 2.96 bits per heavy atom. The molecular formula is C21H28N4O3. The Morgan fingerprint density at radius 1 is 1.36 bits per heavy atom. The molecule has 0 radical (unpaired) electrons. The number of piperidine rings is 1. The fraction of sp³-hybridized carbons (Fsp3) is 0.524. The van der Waals surface area contributed by atoms with Crippen LogP contribution in [0.1, 0.15) is 36.6 Å². The molecule has 1 aromatic heterocycles. The van der Waals surface area contributed by atoms with E-state index >= 15 is 0 Å². The summed E-state index contributed by atoms with van der Waals surface area (Å²) in [4.78, 5) is 24.9. The maximum atomic E-state index is 12.7. The molecule has 0 spiro atoms. The second-order valence-electron chi connectivity index (χ2n) is 7.96. The fourth-order valence-electron chi connectivity index (χ4n) is 4.18. The molecule has 1 fully saturated rings. The Hall–Kier alpha value is -2.54. The van der Waals surface area contributed by atoms with Crippen LogP contribution in [-0.2, 0) is 19.5 Å². The number of rotatable bonds is 4. The first-order valence-corrected chi connectivity index (χ1v) is 9.98. The van der Waals surface area contributed by atoms with E-state index in [1.54, 1.807) is 13.2 Å². The van der Waals surface area contributed by atoms with Crippen LogP contribution < -0.4 is 15.2 Å². The summed E-state index contributed by atoms with van der Waals surface area (Å²) in [6.45, 7) is 6.08. The number of fused-ring (bicyclic) bond motifs is 1. The largest absolute Gasteiger partial charge is 0.507 e. The SMILES string of the molecule is COc1ccc(CN2CCc3nc(N4CCC[C@H](C)C4)[nH]c(=O)c3C2)c(O)c1. The van der Waals surface area contributed by atoms with E-state index in [9.17, 15) is 9.90 Å². The van der Waals surface area contributed by atoms with Crippen molar-refractivity contribution < 1.29 is 9.84 Å². The number of nitrogens with zero attached hydrogens (tertiary/aromatic N) is 3. The zero-order valence-electron chi connectivity index (χ0n) is 16.6. The van der Waals surface area contributed by atoms with Gasteiger partial charge in [-0.05, 0) is 24.8 Å². The predicted octanol–water partition coefficient (Wildman–Crippen LogP) is 2.28. The number of aromatic amines is 1. The average Bonchev–Trinajstić information content (AvgIpc) is 2.69. The summed E-state index contributed by atoms with van der Waals surface area (Å²) in [6.07, 6.45) is 3.12. The van der Waals surface area contributed by atoms with Crippen LogP contribution in [-0.4, -0.2) is 46.7 Å². The van der Waals surface area contributed by atoms with Gasteiger partial charge in [-0.3, -0.25) is 14.7 Å². The molecule has 0 aliphatic carbocycles. The van der Waals surface area contributed by atoms with Crippen LogP contribution in [0.3, 0.4) is 0 Å². The standard InChI is InChI=1S/C21H28N4O3/c1-14-4-3-8-25(11-14)21-22-18-7-9-24(13-17(18)20(27)23-21)12-15-5-6-16(28-2)10-19(15)26/h5-6,10,14,26H,3-4,7-9,11-13H2,1-2H3,(H,22,23,27)/t14-/m0/s1. The summed E-state index contributed by atoms with van der Waals surface area (Å²) in [6, 6.07) is 5.33. The highest BCUT2D eigenvalue weighted by Crippen LogP contribution is 2.27. The number of H-pyrrole nitrogens is 1. The summed E-state index contributed by atoms with van der Waals surface area (Å²) in [5, 5.41) is 10.2. The molecule has 3 heterocycles. The Balaban J connectivity index is 1.50. The zero-order valence-corrected chi connectivity index (χ0v) is 16.6. The molecule has 2 aliphatic rings. The molecule has 28 heavy (non-hydrogen) atoms. The van der Waals surface area contributed by atoms with Gasteiger partial charge in [0, 0.05) is 50.8 Å². The lowest BCUT2D eigenvalue weighted by atomic mass is 10.0. The monoisotopic (exact) mass is 384 g/mol. The van der Waals surface area contributed by atoms with E-state index in [1.165, 1.54) is 6.42 Å². The highest BCUT2D eigenvalue weighted by Gasteiger charge is 2.24. The molecule has 4 rings (SSSR count). The van der Waals surface area contributed by atoms with Crippen LogP contribution in [0.2, 0.25) is 0 Å². The van der Waals surface area contributed by atoms with Crippen molar-refractivity contribution in [1.29, 1.82) is 0 Å². The molecule has 2 aromatic rings. The van der Waals surface area contributed by atoms with Crippen molar-refractivity contribution in [3.05, 3.63) is 45.4 Å². The lowest BCUT2D eigenvalue weighted by molar-refractivity contribution is 0.238. The summed E-state index contributed by atoms with van der Waals surface area (Å²) >= 11 is 0. The van der Waals surface area contributed by atoms with Gasteiger partial charge in [-0.25, -0.2) is 4.98 Å². The van der Waals surface area contributed by atoms with Gasteiger partial charge in [0.25, 0.3) is 5.56 Å². The molecule has 150 valence electrons. The second-order valence-corrected chi connectivity index (χ2v) is 7.96. The summed E-state index contributed by atoms with van der Waals surface area (Å²) in [5.41, 5.74) is 2.44. The number of aromatic hydroxyl groups is 1. The van der Waals surface area contributed by atoms with Crippen molar-refractivity contribution in [3.63, 3.8) is 0 Å². The first kappa shape index (κ1) is 18.8. The molecule has 0 amide bonds. The molecule has 0 saturated carbocycles. The number of hydrogen-bond donors (Lipinski definition) is 2. The predicted molar refractivity (Wildman–Crippen MR) is 108 cm³/mol. The third-order valence-electron chi connectivity index (χ3n) is 5.78. The molecule has 0 unspecified atom stereocenters. The van der Waals surface area contributed by atoms with Gasteiger partial charge in [-0.2, -0.15) is 0 Å². The highest BCUT2D eigenvalue weighted by atomic mass is 16.5. The molecule has 1 aromatic carbocycles. The van der Waals surface area contributed by atoms with E-state index in [0.717, 1.165) is 55.2 Å². The Labute approximate surface area is 165 Å². The number of benzene rings is 1. The van der Waals surface area contributed by atoms with Crippen LogP contribution in [0.5, 0.6) is 11.5 Å². The van der Waals surface area contributed by atoms with Gasteiger partial charge in [0.05, 0.1) is 18.4 Å². The van der Waals surface area contributed by atoms with Crippen molar-refractivity contribution in [2.75, 3.05) is 31.6 Å². The van der Waals surface area contributed by atoms with E-state index in [-0.39, 0.29) is 11.3 Å². The smallest absolute Gasteiger partial charge is 0.257 e. The highest BCUT2D eigenvalue weighted by molar-refractivity contribution is 5.40. The molecule has 0 bridgehead atoms. The van der Waals surface area contributed by atoms with Crippen molar-refractivity contribution in [2.45, 2.75) is 39.3 Å². The van der Waals surface area contributed by atoms with E-state index in [4.69, 9.17) is 9.72 Å². The first-order valence-electron chi connectivity index (χ1n) is 9.98. The molecule has 1 atom stereocenters. The lowest BCUT2D eigenvalue weighted by Crippen LogP contribution is -2.39. The van der Waals surface area contributed by atoms with Crippen molar-refractivity contribution >= 4 is 5.95 Å². The zero-order chi connectivity index (χ0) is 19.7. The fourth-order valence-corrected chi connectivity index (χ4v) is 4.18. The second kappa shape index (κ2) is 7.83. The van der Waals surface area contributed by atoms with Crippen LogP contribution in [0.25, 0.3) is 0 Å². The number of anilines is 1. The van der Waals surface area contributed by atoms with Crippen LogP contribution in [0.15, 0.2) is 23.0 Å². The van der Waals surface area contributed by atoms with Gasteiger partial charge in [0.1, 0.15) is 11.5 Å². The topological polar surface area (TPSA) is 81.7 Å². The molecule has 2 aliphatic heterocycles. The van der Waals surface area contributed by atoms with Gasteiger partial charge < -0.3 is 14.7 Å². The number of ether oxygens (including phenoxy) is 1. The van der Waals surface area contributed by atoms with Crippen LogP contribution in [0.4, 0.5) is 5.95 Å². The Kier molecular flexibility index (Phi) is 5.26. The quantitative estimate of drug-likeness (QED) is 0.842. The number of aromatic nitrogens is 2. The molecule has 7 nitrogen and oxygen atoms in total. The van der Waals surface area contributed by atoms with Gasteiger partial charge in [0.2, 0.25) is 5.95 Å². The molecular weight excluding hydrogens is 356 g/mol. The summed E-state index contributed by atoms with van der Waals surface area (Å²) in [5.74, 6) is 2.19. The third-order valence-corrected chi connectivity index (χ3v) is 5.78. The number of phenolic OH excluding ortho intramolecular Hbond substituents is 1. The Bertz CT molecular complexity index is 911. The minimum absolute atomic E-state index is 0.0399. The van der Waals surface area contributed by atoms with Crippen molar-refractivity contribution in [2.24, 2.45) is 5.92 Å². The van der Waals surface area contributed by atoms with E-state index in [2.05, 4.69) is 21.7 Å².